The van der Waals surface area contributed by atoms with Crippen LogP contribution in [0.2, 0.25) is 0 Å². The van der Waals surface area contributed by atoms with Gasteiger partial charge in [-0.15, -0.1) is 0 Å². The lowest BCUT2D eigenvalue weighted by atomic mass is 9.76. The van der Waals surface area contributed by atoms with Crippen molar-refractivity contribution in [3.63, 3.8) is 0 Å². The van der Waals surface area contributed by atoms with Crippen molar-refractivity contribution >= 4 is 23.4 Å². The average Bonchev–Trinajstić information content (AvgIpc) is 3.47. The maximum atomic E-state index is 13.0. The minimum Gasteiger partial charge on any atom is -1.00 e. The van der Waals surface area contributed by atoms with Gasteiger partial charge in [-0.1, -0.05) is 179 Å². The second-order valence-corrected chi connectivity index (χ2v) is 19.4. The molecular formula is C56H84BrN3O5. The molecule has 0 saturated carbocycles. The highest BCUT2D eigenvalue weighted by atomic mass is 79.9. The number of esters is 1. The number of nitro groups is 1. The molecule has 0 bridgehead atoms. The van der Waals surface area contributed by atoms with Gasteiger partial charge in [-0.25, -0.2) is 4.57 Å². The molecule has 1 aromatic heterocycles. The number of pyridine rings is 1. The predicted octanol–water partition coefficient (Wildman–Crippen LogP) is 12.5. The first-order valence-electron chi connectivity index (χ1n) is 25.9. The number of hydrogen-bond acceptors (Lipinski definition) is 6. The van der Waals surface area contributed by atoms with Crippen LogP contribution in [-0.2, 0) is 28.1 Å². The number of aryl methyl sites for hydroxylation is 1. The summed E-state index contributed by atoms with van der Waals surface area (Å²) in [7, 11) is 0. The van der Waals surface area contributed by atoms with Crippen molar-refractivity contribution in [2.75, 3.05) is 11.4 Å². The molecule has 5 rings (SSSR count). The molecule has 0 amide bonds. The number of benzene rings is 2. The third-order valence-corrected chi connectivity index (χ3v) is 14.0. The molecule has 1 spiro atoms. The van der Waals surface area contributed by atoms with Crippen LogP contribution >= 0.6 is 0 Å². The lowest BCUT2D eigenvalue weighted by Crippen LogP contribution is -3.00. The predicted molar refractivity (Wildman–Crippen MR) is 264 cm³/mol. The van der Waals surface area contributed by atoms with E-state index in [1.165, 1.54) is 153 Å². The summed E-state index contributed by atoms with van der Waals surface area (Å²) in [6, 6.07) is 17.9. The summed E-state index contributed by atoms with van der Waals surface area (Å²) in [5.74, 6) is 0.288. The molecule has 1 unspecified atom stereocenters. The minimum absolute atomic E-state index is 0. The highest BCUT2D eigenvalue weighted by Gasteiger charge is 2.58. The van der Waals surface area contributed by atoms with Gasteiger partial charge in [0, 0.05) is 60.5 Å². The van der Waals surface area contributed by atoms with E-state index >= 15 is 0 Å². The lowest BCUT2D eigenvalue weighted by Gasteiger charge is -2.47. The van der Waals surface area contributed by atoms with Gasteiger partial charge in [-0.2, -0.15) is 0 Å². The number of carbonyl (C=O) groups excluding carboxylic acids is 1. The normalized spacial score (nSPS) is 15.6. The van der Waals surface area contributed by atoms with E-state index in [0.717, 1.165) is 50.9 Å². The Morgan fingerprint density at radius 2 is 1.22 bits per heavy atom. The molecule has 0 saturated heterocycles. The van der Waals surface area contributed by atoms with Crippen molar-refractivity contribution in [1.82, 2.24) is 0 Å². The van der Waals surface area contributed by atoms with Crippen LogP contribution in [0.1, 0.15) is 217 Å². The van der Waals surface area contributed by atoms with Gasteiger partial charge in [0.25, 0.3) is 5.69 Å². The van der Waals surface area contributed by atoms with Crippen LogP contribution in [0.25, 0.3) is 6.08 Å². The summed E-state index contributed by atoms with van der Waals surface area (Å²) < 4.78 is 15.3. The van der Waals surface area contributed by atoms with Gasteiger partial charge in [0.05, 0.1) is 10.3 Å². The number of unbranched alkanes of at least 4 members (excludes halogenated alkanes) is 25. The van der Waals surface area contributed by atoms with E-state index in [9.17, 15) is 14.9 Å². The van der Waals surface area contributed by atoms with E-state index in [2.05, 4.69) is 91.2 Å². The zero-order chi connectivity index (χ0) is 45.3. The van der Waals surface area contributed by atoms with Gasteiger partial charge < -0.3 is 31.4 Å². The van der Waals surface area contributed by atoms with Crippen LogP contribution in [0.15, 0.2) is 73.1 Å². The Bertz CT molecular complexity index is 1850. The van der Waals surface area contributed by atoms with Gasteiger partial charge in [0.2, 0.25) is 5.72 Å². The number of ether oxygens (including phenoxy) is 2. The smallest absolute Gasteiger partial charge is 0.306 e. The fraction of sp³-hybridized carbons (Fsp3) is 0.643. The molecule has 65 heavy (non-hydrogen) atoms. The van der Waals surface area contributed by atoms with E-state index in [0.29, 0.717) is 23.3 Å². The monoisotopic (exact) mass is 958 g/mol. The zero-order valence-corrected chi connectivity index (χ0v) is 42.3. The standard InChI is InChI=1S/C56H84N3O5.BrH/c1-4-5-6-7-8-9-10-11-12-13-14-15-16-17-18-19-22-25-29-38-53(60)63-47-49-46-50(59(61)62)45-48-39-40-56(64-54(48)49)55(2,3)51-36-30-31-37-52(51)58(56)44-35-27-24-21-20-23-26-32-41-57-42-33-28-34-43-57;/h28,30-31,33-34,36-37,39-40,42-43,45-46H,4-27,29,32,35,38,41,44,47H2,1-3H3;1H/q+1;/p-1. The largest absolute Gasteiger partial charge is 1.00 e. The Morgan fingerprint density at radius 1 is 0.692 bits per heavy atom. The van der Waals surface area contributed by atoms with Crippen LogP contribution in [-0.4, -0.2) is 23.2 Å². The SMILES string of the molecule is CCCCCCCCCCCCCCCCCCCCCC(=O)OCc1cc([N+](=O)[O-])cc2c1OC1(C=C2)N(CCCCCCCCCC[n+]2ccccc2)c2ccccc2C1(C)C.[Br-]. The van der Waals surface area contributed by atoms with Crippen molar-refractivity contribution in [2.24, 2.45) is 0 Å². The molecular weight excluding hydrogens is 875 g/mol. The van der Waals surface area contributed by atoms with Gasteiger partial charge in [0.1, 0.15) is 18.9 Å². The summed E-state index contributed by atoms with van der Waals surface area (Å²) in [6.45, 7) is 8.58. The maximum Gasteiger partial charge on any atom is 0.306 e. The molecule has 2 aliphatic rings. The third-order valence-electron chi connectivity index (χ3n) is 14.0. The zero-order valence-electron chi connectivity index (χ0n) is 40.7. The molecule has 0 fully saturated rings. The molecule has 1 atom stereocenters. The number of fused-ring (bicyclic) bond motifs is 2. The van der Waals surface area contributed by atoms with Gasteiger partial charge in [-0.05, 0) is 56.9 Å². The van der Waals surface area contributed by atoms with Crippen LogP contribution in [0.4, 0.5) is 11.4 Å². The quantitative estimate of drug-likeness (QED) is 0.0195. The summed E-state index contributed by atoms with van der Waals surface area (Å²) in [6.07, 6.45) is 43.2. The molecule has 360 valence electrons. The number of non-ortho nitro benzene ring substituents is 1. The highest BCUT2D eigenvalue weighted by Crippen LogP contribution is 2.55. The van der Waals surface area contributed by atoms with E-state index in [1.54, 1.807) is 6.07 Å². The van der Waals surface area contributed by atoms with E-state index in [1.807, 2.05) is 6.08 Å². The second kappa shape index (κ2) is 29.8. The number of aromatic nitrogens is 1. The second-order valence-electron chi connectivity index (χ2n) is 19.4. The van der Waals surface area contributed by atoms with Crippen LogP contribution in [0.5, 0.6) is 5.75 Å². The number of anilines is 1. The fourth-order valence-corrected chi connectivity index (χ4v) is 10.1. The first-order chi connectivity index (χ1) is 31.3. The molecule has 0 radical (unpaired) electrons. The van der Waals surface area contributed by atoms with E-state index in [4.69, 9.17) is 9.47 Å². The Kier molecular flexibility index (Phi) is 24.7. The Hall–Kier alpha value is -3.72. The van der Waals surface area contributed by atoms with E-state index in [-0.39, 0.29) is 40.2 Å². The summed E-state index contributed by atoms with van der Waals surface area (Å²) in [4.78, 5) is 27.1. The van der Waals surface area contributed by atoms with Crippen LogP contribution < -0.4 is 31.2 Å². The number of rotatable bonds is 34. The van der Waals surface area contributed by atoms with Gasteiger partial charge >= 0.3 is 5.97 Å². The number of halogens is 1. The van der Waals surface area contributed by atoms with Crippen LogP contribution in [0, 0.1) is 10.1 Å². The number of para-hydroxylation sites is 1. The van der Waals surface area contributed by atoms with Crippen molar-refractivity contribution in [3.8, 4) is 5.75 Å². The number of nitro benzene ring substituents is 1. The highest BCUT2D eigenvalue weighted by molar-refractivity contribution is 5.74. The van der Waals surface area contributed by atoms with Crippen molar-refractivity contribution in [3.05, 3.63) is 99.9 Å². The number of nitrogens with zero attached hydrogens (tertiary/aromatic N) is 3. The van der Waals surface area contributed by atoms with Crippen molar-refractivity contribution in [1.29, 1.82) is 0 Å². The first-order valence-corrected chi connectivity index (χ1v) is 25.9. The maximum absolute atomic E-state index is 13.0. The number of hydrogen-bond donors (Lipinski definition) is 0. The summed E-state index contributed by atoms with van der Waals surface area (Å²) >= 11 is 0. The molecule has 0 aliphatic carbocycles. The molecule has 2 aromatic carbocycles. The molecule has 0 N–H and O–H groups in total. The molecule has 3 heterocycles. The minimum atomic E-state index is -0.845. The van der Waals surface area contributed by atoms with Crippen molar-refractivity contribution < 1.29 is 40.7 Å². The third kappa shape index (κ3) is 16.8. The number of carbonyl (C=O) groups is 1. The molecule has 3 aromatic rings. The molecule has 9 heteroatoms. The lowest BCUT2D eigenvalue weighted by molar-refractivity contribution is -0.697. The Balaban J connectivity index is 0.00000925. The summed E-state index contributed by atoms with van der Waals surface area (Å²) in [5.41, 5.74) is 2.23. The topological polar surface area (TPSA) is 85.8 Å². The Labute approximate surface area is 404 Å². The fourth-order valence-electron chi connectivity index (χ4n) is 10.1. The molecule has 8 nitrogen and oxygen atoms in total. The van der Waals surface area contributed by atoms with Gasteiger partial charge in [-0.3, -0.25) is 14.9 Å². The van der Waals surface area contributed by atoms with Crippen LogP contribution in [0.3, 0.4) is 0 Å². The first kappa shape index (κ1) is 53.9. The Morgan fingerprint density at radius 3 is 1.78 bits per heavy atom. The average molecular weight is 959 g/mol. The summed E-state index contributed by atoms with van der Waals surface area (Å²) in [5, 5.41) is 12.1. The van der Waals surface area contributed by atoms with Crippen molar-refractivity contribution in [2.45, 2.75) is 225 Å². The molecule has 2 aliphatic heterocycles. The van der Waals surface area contributed by atoms with E-state index < -0.39 is 11.1 Å². The van der Waals surface area contributed by atoms with Gasteiger partial charge in [0.15, 0.2) is 12.4 Å².